The van der Waals surface area contributed by atoms with Crippen molar-refractivity contribution in [2.24, 2.45) is 0 Å². The highest BCUT2D eigenvalue weighted by molar-refractivity contribution is 6.39. The van der Waals surface area contributed by atoms with Gasteiger partial charge in [-0.2, -0.15) is 0 Å². The number of nitro groups is 1. The third-order valence-electron chi connectivity index (χ3n) is 10.4. The zero-order chi connectivity index (χ0) is 38.2. The van der Waals surface area contributed by atoms with Crippen molar-refractivity contribution in [3.05, 3.63) is 163 Å². The summed E-state index contributed by atoms with van der Waals surface area (Å²) in [6, 6.07) is 32.6. The van der Waals surface area contributed by atoms with Crippen molar-refractivity contribution in [3.63, 3.8) is 0 Å². The Balaban J connectivity index is 1.17. The van der Waals surface area contributed by atoms with Crippen LogP contribution in [0.2, 0.25) is 5.02 Å². The van der Waals surface area contributed by atoms with Crippen molar-refractivity contribution in [1.82, 2.24) is 5.32 Å². The van der Waals surface area contributed by atoms with Crippen LogP contribution in [0, 0.1) is 10.1 Å². The Morgan fingerprint density at radius 3 is 2.09 bits per heavy atom. The molecule has 2 atom stereocenters. The summed E-state index contributed by atoms with van der Waals surface area (Å²) in [5, 5.41) is 13.7. The molecule has 8 rings (SSSR count). The van der Waals surface area contributed by atoms with Gasteiger partial charge in [-0.15, -0.1) is 0 Å². The molecule has 55 heavy (non-hydrogen) atoms. The number of halogens is 1. The number of hydrogen-bond acceptors (Lipinski definition) is 8. The Bertz CT molecular complexity index is 2310. The molecule has 1 fully saturated rings. The maximum absolute atomic E-state index is 14.4. The van der Waals surface area contributed by atoms with Crippen molar-refractivity contribution in [1.29, 1.82) is 0 Å². The first-order valence-corrected chi connectivity index (χ1v) is 18.3. The van der Waals surface area contributed by atoms with Gasteiger partial charge in [0, 0.05) is 42.7 Å². The standard InChI is InChI=1S/C43H35ClN4O7/c1-54-38-22-27(21-37(44)40(38)55-25-26-9-8-14-30(19-26)48(52)53)20-36-41(49)45-43(51)47(42(36)50)31-23-34-32(28-10-4-2-5-11-28)15-17-46-18-16-33(35(24-31)39(34)46)29-12-6-3-7-13-29/h2-14,19-24,32-33H,15-18,25H2,1H3,(H,45,49,51)/b36-20+/t32-,33-/m0/s1. The fourth-order valence-corrected chi connectivity index (χ4v) is 8.18. The summed E-state index contributed by atoms with van der Waals surface area (Å²) in [6.45, 7) is 1.73. The van der Waals surface area contributed by atoms with E-state index in [0.717, 1.165) is 58.8 Å². The van der Waals surface area contributed by atoms with Crippen LogP contribution >= 0.6 is 11.6 Å². The smallest absolute Gasteiger partial charge is 0.335 e. The van der Waals surface area contributed by atoms with Crippen LogP contribution in [0.4, 0.5) is 21.9 Å². The first kappa shape index (κ1) is 35.6. The quantitative estimate of drug-likeness (QED) is 0.0688. The molecule has 276 valence electrons. The fraction of sp³-hybridized carbons (Fsp3) is 0.186. The lowest BCUT2D eigenvalue weighted by Gasteiger charge is -2.44. The topological polar surface area (TPSA) is 131 Å². The summed E-state index contributed by atoms with van der Waals surface area (Å²) in [7, 11) is 1.41. The second kappa shape index (κ2) is 14.8. The number of nitrogens with one attached hydrogen (secondary N) is 1. The van der Waals surface area contributed by atoms with E-state index >= 15 is 0 Å². The van der Waals surface area contributed by atoms with E-state index in [1.165, 1.54) is 31.4 Å². The summed E-state index contributed by atoms with van der Waals surface area (Å²) >= 11 is 6.65. The summed E-state index contributed by atoms with van der Waals surface area (Å²) in [5.41, 5.74) is 6.42. The average Bonchev–Trinajstić information content (AvgIpc) is 3.19. The lowest BCUT2D eigenvalue weighted by atomic mass is 9.76. The second-order valence-electron chi connectivity index (χ2n) is 13.7. The molecule has 1 saturated heterocycles. The number of imide groups is 2. The van der Waals surface area contributed by atoms with Crippen LogP contribution in [0.3, 0.4) is 0 Å². The van der Waals surface area contributed by atoms with Gasteiger partial charge in [0.25, 0.3) is 17.5 Å². The van der Waals surface area contributed by atoms with Crippen molar-refractivity contribution in [2.75, 3.05) is 30.0 Å². The maximum atomic E-state index is 14.4. The minimum absolute atomic E-state index is 0.0348. The van der Waals surface area contributed by atoms with Crippen molar-refractivity contribution < 1.29 is 28.8 Å². The molecule has 1 N–H and O–H groups in total. The summed E-state index contributed by atoms with van der Waals surface area (Å²) in [5.74, 6) is -1.17. The van der Waals surface area contributed by atoms with Crippen molar-refractivity contribution >= 4 is 52.6 Å². The van der Waals surface area contributed by atoms with Crippen LogP contribution in [0.15, 0.2) is 115 Å². The molecule has 3 aliphatic rings. The number of urea groups is 1. The number of carbonyl (C=O) groups excluding carboxylic acids is 3. The number of ether oxygens (including phenoxy) is 2. The van der Waals surface area contributed by atoms with E-state index in [-0.39, 0.29) is 46.2 Å². The van der Waals surface area contributed by atoms with Crippen molar-refractivity contribution in [2.45, 2.75) is 31.3 Å². The minimum atomic E-state index is -0.845. The monoisotopic (exact) mass is 754 g/mol. The van der Waals surface area contributed by atoms with E-state index in [1.54, 1.807) is 18.2 Å². The number of hydrogen-bond donors (Lipinski definition) is 1. The molecule has 11 nitrogen and oxygen atoms in total. The molecule has 0 bridgehead atoms. The SMILES string of the molecule is COc1cc(/C=C2\C(=O)NC(=O)N(c3cc4c5c(c3)[C@H](c3ccccc3)CCN5CC[C@H]4c3ccccc3)C2=O)cc(Cl)c1OCc1cccc([N+](=O)[O-])c1. The molecule has 5 aromatic carbocycles. The van der Waals surface area contributed by atoms with Gasteiger partial charge < -0.3 is 14.4 Å². The van der Waals surface area contributed by atoms with Gasteiger partial charge >= 0.3 is 6.03 Å². The summed E-state index contributed by atoms with van der Waals surface area (Å²) < 4.78 is 11.5. The van der Waals surface area contributed by atoms with E-state index in [1.807, 2.05) is 48.5 Å². The number of barbiturate groups is 1. The van der Waals surface area contributed by atoms with Crippen LogP contribution in [0.25, 0.3) is 6.08 Å². The molecule has 4 amide bonds. The van der Waals surface area contributed by atoms with E-state index in [9.17, 15) is 24.5 Å². The van der Waals surface area contributed by atoms with Crippen molar-refractivity contribution in [3.8, 4) is 11.5 Å². The van der Waals surface area contributed by atoms with Gasteiger partial charge in [0.05, 0.1) is 22.7 Å². The normalized spacial score (nSPS) is 18.5. The van der Waals surface area contributed by atoms with Gasteiger partial charge in [-0.25, -0.2) is 9.69 Å². The van der Waals surface area contributed by atoms with Gasteiger partial charge in [0.2, 0.25) is 0 Å². The predicted molar refractivity (Wildman–Crippen MR) is 209 cm³/mol. The molecule has 0 saturated carbocycles. The number of anilines is 2. The van der Waals surface area contributed by atoms with E-state index in [2.05, 4.69) is 34.5 Å². The number of nitro benzene ring substituents is 1. The molecule has 5 aromatic rings. The molecule has 3 heterocycles. The van der Waals surface area contributed by atoms with E-state index in [0.29, 0.717) is 16.8 Å². The molecule has 12 heteroatoms. The Kier molecular flexibility index (Phi) is 9.54. The lowest BCUT2D eigenvalue weighted by molar-refractivity contribution is -0.384. The Morgan fingerprint density at radius 2 is 1.49 bits per heavy atom. The number of rotatable bonds is 9. The second-order valence-corrected chi connectivity index (χ2v) is 14.1. The first-order chi connectivity index (χ1) is 26.7. The van der Waals surface area contributed by atoms with Gasteiger partial charge in [-0.3, -0.25) is 25.0 Å². The van der Waals surface area contributed by atoms with Crippen LogP contribution < -0.4 is 24.6 Å². The lowest BCUT2D eigenvalue weighted by Crippen LogP contribution is -2.54. The summed E-state index contributed by atoms with van der Waals surface area (Å²) in [6.07, 6.45) is 3.10. The van der Waals surface area contributed by atoms with Crippen LogP contribution in [-0.2, 0) is 16.2 Å². The molecule has 0 unspecified atom stereocenters. The molecule has 0 spiro atoms. The minimum Gasteiger partial charge on any atom is -0.493 e. The van der Waals surface area contributed by atoms with Gasteiger partial charge in [0.15, 0.2) is 11.5 Å². The zero-order valence-electron chi connectivity index (χ0n) is 29.7. The summed E-state index contributed by atoms with van der Waals surface area (Å²) in [4.78, 5) is 55.5. The Hall–Kier alpha value is -6.46. The number of non-ortho nitro benzene ring substituents is 1. The molecule has 3 aliphatic heterocycles. The number of methoxy groups -OCH3 is 1. The van der Waals surface area contributed by atoms with Crippen LogP contribution in [0.1, 0.15) is 58.1 Å². The van der Waals surface area contributed by atoms with E-state index in [4.69, 9.17) is 21.1 Å². The van der Waals surface area contributed by atoms with Gasteiger partial charge in [-0.05, 0) is 76.6 Å². The highest BCUT2D eigenvalue weighted by atomic mass is 35.5. The molecular formula is C43H35ClN4O7. The zero-order valence-corrected chi connectivity index (χ0v) is 30.5. The third-order valence-corrected chi connectivity index (χ3v) is 10.7. The van der Waals surface area contributed by atoms with Gasteiger partial charge in [-0.1, -0.05) is 84.4 Å². The largest absolute Gasteiger partial charge is 0.493 e. The van der Waals surface area contributed by atoms with Crippen LogP contribution in [0.5, 0.6) is 11.5 Å². The molecule has 0 aliphatic carbocycles. The highest BCUT2D eigenvalue weighted by Crippen LogP contribution is 2.50. The Morgan fingerprint density at radius 1 is 0.855 bits per heavy atom. The molecule has 0 radical (unpaired) electrons. The molecule has 0 aromatic heterocycles. The average molecular weight is 755 g/mol. The predicted octanol–water partition coefficient (Wildman–Crippen LogP) is 8.38. The van der Waals surface area contributed by atoms with Crippen LogP contribution in [-0.4, -0.2) is 43.0 Å². The number of benzene rings is 5. The first-order valence-electron chi connectivity index (χ1n) is 17.9. The molecular weight excluding hydrogens is 720 g/mol. The van der Waals surface area contributed by atoms with E-state index < -0.39 is 22.8 Å². The van der Waals surface area contributed by atoms with Gasteiger partial charge in [0.1, 0.15) is 12.2 Å². The number of amides is 4. The maximum Gasteiger partial charge on any atom is 0.335 e. The number of nitrogens with zero attached hydrogens (tertiary/aromatic N) is 3. The highest BCUT2D eigenvalue weighted by Gasteiger charge is 2.40. The Labute approximate surface area is 321 Å². The number of carbonyl (C=O) groups is 3. The third kappa shape index (κ3) is 6.79. The fourth-order valence-electron chi connectivity index (χ4n) is 7.91.